The van der Waals surface area contributed by atoms with E-state index in [2.05, 4.69) is 18.0 Å². The maximum Gasteiger partial charge on any atom is 0.211 e. The quantitative estimate of drug-likeness (QED) is 0.404. The summed E-state index contributed by atoms with van der Waals surface area (Å²) in [5.41, 5.74) is 3.42. The molecule has 0 aliphatic carbocycles. The Balaban J connectivity index is 1.53. The number of aliphatic imine (C=N–C) groups is 1. The zero-order valence-electron chi connectivity index (χ0n) is 16.2. The van der Waals surface area contributed by atoms with Crippen LogP contribution >= 0.6 is 0 Å². The fourth-order valence-corrected chi connectivity index (χ4v) is 3.45. The Bertz CT molecular complexity index is 777. The lowest BCUT2D eigenvalue weighted by molar-refractivity contribution is 0.106. The molecule has 0 saturated heterocycles. The number of carbonyl (C=O) groups is 1. The third-order valence-electron chi connectivity index (χ3n) is 5.02. The van der Waals surface area contributed by atoms with Gasteiger partial charge in [-0.1, -0.05) is 63.3 Å². The van der Waals surface area contributed by atoms with Crippen LogP contribution in [0, 0.1) is 0 Å². The van der Waals surface area contributed by atoms with Gasteiger partial charge in [0.2, 0.25) is 5.78 Å². The predicted octanol–water partition coefficient (Wildman–Crippen LogP) is 5.65. The third-order valence-corrected chi connectivity index (χ3v) is 5.02. The molecule has 0 radical (unpaired) electrons. The molecule has 2 aromatic rings. The molecule has 0 spiro atoms. The summed E-state index contributed by atoms with van der Waals surface area (Å²) in [6.07, 6.45) is 8.41. The molecule has 0 bridgehead atoms. The van der Waals surface area contributed by atoms with Crippen molar-refractivity contribution in [3.63, 3.8) is 0 Å². The molecule has 27 heavy (non-hydrogen) atoms. The number of unbranched alkanes of at least 4 members (excludes halogenated alkanes) is 5. The molecule has 3 heteroatoms. The van der Waals surface area contributed by atoms with Crippen LogP contribution in [0.15, 0.2) is 53.5 Å². The summed E-state index contributed by atoms with van der Waals surface area (Å²) in [6, 6.07) is 15.5. The molecule has 0 atom stereocenters. The van der Waals surface area contributed by atoms with Crippen LogP contribution in [0.5, 0.6) is 5.75 Å². The van der Waals surface area contributed by atoms with Crippen molar-refractivity contribution in [3.8, 4) is 5.75 Å². The molecule has 0 unspecified atom stereocenters. The Hall–Kier alpha value is -2.42. The van der Waals surface area contributed by atoms with E-state index in [0.29, 0.717) is 17.8 Å². The first kappa shape index (κ1) is 19.3. The van der Waals surface area contributed by atoms with Gasteiger partial charge in [-0.15, -0.1) is 0 Å². The van der Waals surface area contributed by atoms with Gasteiger partial charge in [-0.25, -0.2) is 0 Å². The van der Waals surface area contributed by atoms with Gasteiger partial charge in [-0.05, 0) is 42.7 Å². The molecule has 1 heterocycles. The van der Waals surface area contributed by atoms with E-state index in [4.69, 9.17) is 4.74 Å². The second-order valence-electron chi connectivity index (χ2n) is 7.11. The van der Waals surface area contributed by atoms with Gasteiger partial charge in [-0.3, -0.25) is 9.79 Å². The van der Waals surface area contributed by atoms with E-state index in [0.717, 1.165) is 30.8 Å². The van der Waals surface area contributed by atoms with Crippen LogP contribution in [0.4, 0.5) is 0 Å². The van der Waals surface area contributed by atoms with Crippen molar-refractivity contribution < 1.29 is 9.53 Å². The summed E-state index contributed by atoms with van der Waals surface area (Å²) in [5.74, 6) is 0.815. The van der Waals surface area contributed by atoms with Crippen LogP contribution < -0.4 is 4.74 Å². The van der Waals surface area contributed by atoms with Crippen LogP contribution in [-0.4, -0.2) is 24.6 Å². The zero-order chi connectivity index (χ0) is 18.9. The number of carbonyl (C=O) groups excluding carboxylic acids is 1. The molecule has 0 amide bonds. The minimum absolute atomic E-state index is 0.00961. The highest BCUT2D eigenvalue weighted by Gasteiger charge is 2.21. The van der Waals surface area contributed by atoms with Crippen molar-refractivity contribution in [2.24, 2.45) is 4.99 Å². The van der Waals surface area contributed by atoms with Crippen molar-refractivity contribution in [3.05, 3.63) is 65.2 Å². The van der Waals surface area contributed by atoms with Crippen LogP contribution in [0.3, 0.4) is 0 Å². The zero-order valence-corrected chi connectivity index (χ0v) is 16.2. The number of hydrogen-bond acceptors (Lipinski definition) is 3. The molecule has 2 aromatic carbocycles. The lowest BCUT2D eigenvalue weighted by Gasteiger charge is -2.16. The van der Waals surface area contributed by atoms with E-state index in [9.17, 15) is 4.79 Å². The molecule has 1 aliphatic heterocycles. The maximum atomic E-state index is 12.9. The molecular formula is C24H29NO2. The van der Waals surface area contributed by atoms with Gasteiger partial charge >= 0.3 is 0 Å². The number of rotatable bonds is 10. The number of nitrogens with zero attached hydrogens (tertiary/aromatic N) is 1. The lowest BCUT2D eigenvalue weighted by atomic mass is 9.93. The van der Waals surface area contributed by atoms with Crippen LogP contribution in [0.2, 0.25) is 0 Å². The van der Waals surface area contributed by atoms with Crippen LogP contribution in [0.1, 0.15) is 66.9 Å². The fourth-order valence-electron chi connectivity index (χ4n) is 3.45. The molecule has 3 rings (SSSR count). The number of Topliss-reactive ketones (excluding diaryl/α,β-unsaturated/α-hetero) is 1. The highest BCUT2D eigenvalue weighted by molar-refractivity contribution is 6.51. The molecule has 0 saturated carbocycles. The van der Waals surface area contributed by atoms with E-state index in [1.807, 2.05) is 42.5 Å². The Morgan fingerprint density at radius 2 is 1.70 bits per heavy atom. The Morgan fingerprint density at radius 1 is 0.963 bits per heavy atom. The van der Waals surface area contributed by atoms with Gasteiger partial charge in [0.25, 0.3) is 0 Å². The van der Waals surface area contributed by atoms with E-state index < -0.39 is 0 Å². The summed E-state index contributed by atoms with van der Waals surface area (Å²) in [4.78, 5) is 17.4. The van der Waals surface area contributed by atoms with Gasteiger partial charge < -0.3 is 4.74 Å². The Morgan fingerprint density at radius 3 is 2.52 bits per heavy atom. The standard InChI is InChI=1S/C24H29NO2/c1-2-3-4-5-6-9-18-27-21-14-12-20(13-15-21)24(26)23-22-11-8-7-10-19(22)16-17-25-23/h7-8,10-15H,2-6,9,16-18H2,1H3. The fraction of sp³-hybridized carbons (Fsp3) is 0.417. The lowest BCUT2D eigenvalue weighted by Crippen LogP contribution is -2.22. The van der Waals surface area contributed by atoms with Crippen molar-refractivity contribution in [1.82, 2.24) is 0 Å². The minimum atomic E-state index is -0.00961. The topological polar surface area (TPSA) is 38.7 Å². The largest absolute Gasteiger partial charge is 0.494 e. The summed E-state index contributed by atoms with van der Waals surface area (Å²) in [6.45, 7) is 3.65. The number of hydrogen-bond donors (Lipinski definition) is 0. The molecule has 3 nitrogen and oxygen atoms in total. The van der Waals surface area contributed by atoms with Crippen LogP contribution in [-0.2, 0) is 6.42 Å². The van der Waals surface area contributed by atoms with E-state index >= 15 is 0 Å². The van der Waals surface area contributed by atoms with Crippen LogP contribution in [0.25, 0.3) is 0 Å². The predicted molar refractivity (Wildman–Crippen MR) is 111 cm³/mol. The Kier molecular flexibility index (Phi) is 7.20. The first-order valence-corrected chi connectivity index (χ1v) is 10.2. The smallest absolute Gasteiger partial charge is 0.211 e. The summed E-state index contributed by atoms with van der Waals surface area (Å²) >= 11 is 0. The third kappa shape index (κ3) is 5.29. The second-order valence-corrected chi connectivity index (χ2v) is 7.11. The van der Waals surface area contributed by atoms with Gasteiger partial charge in [0.15, 0.2) is 0 Å². The monoisotopic (exact) mass is 363 g/mol. The molecule has 142 valence electrons. The van der Waals surface area contributed by atoms with E-state index in [1.54, 1.807) is 0 Å². The van der Waals surface area contributed by atoms with Gasteiger partial charge in [0.1, 0.15) is 11.5 Å². The number of fused-ring (bicyclic) bond motifs is 1. The maximum absolute atomic E-state index is 12.9. The molecule has 1 aliphatic rings. The average molecular weight is 364 g/mol. The number of ether oxygens (including phenoxy) is 1. The highest BCUT2D eigenvalue weighted by Crippen LogP contribution is 2.20. The number of benzene rings is 2. The number of ketones is 1. The average Bonchev–Trinajstić information content (AvgIpc) is 2.72. The normalized spacial score (nSPS) is 13.0. The molecular weight excluding hydrogens is 334 g/mol. The van der Waals surface area contributed by atoms with Crippen molar-refractivity contribution in [1.29, 1.82) is 0 Å². The summed E-state index contributed by atoms with van der Waals surface area (Å²) in [7, 11) is 0. The van der Waals surface area contributed by atoms with E-state index in [-0.39, 0.29) is 5.78 Å². The first-order valence-electron chi connectivity index (χ1n) is 10.2. The SMILES string of the molecule is CCCCCCCCOc1ccc(C(=O)C2=NCCc3ccccc32)cc1. The first-order chi connectivity index (χ1) is 13.3. The minimum Gasteiger partial charge on any atom is -0.494 e. The summed E-state index contributed by atoms with van der Waals surface area (Å²) in [5, 5.41) is 0. The Labute approximate surface area is 162 Å². The molecule has 0 aromatic heterocycles. The highest BCUT2D eigenvalue weighted by atomic mass is 16.5. The van der Waals surface area contributed by atoms with E-state index in [1.165, 1.54) is 37.7 Å². The molecule has 0 fully saturated rings. The van der Waals surface area contributed by atoms with Crippen molar-refractivity contribution >= 4 is 11.5 Å². The van der Waals surface area contributed by atoms with Gasteiger partial charge in [-0.2, -0.15) is 0 Å². The summed E-state index contributed by atoms with van der Waals surface area (Å²) < 4.78 is 5.81. The van der Waals surface area contributed by atoms with Crippen molar-refractivity contribution in [2.45, 2.75) is 51.9 Å². The van der Waals surface area contributed by atoms with Gasteiger partial charge in [0.05, 0.1) is 6.61 Å². The molecule has 0 N–H and O–H groups in total. The second kappa shape index (κ2) is 10.1. The van der Waals surface area contributed by atoms with Gasteiger partial charge in [0, 0.05) is 17.7 Å². The van der Waals surface area contributed by atoms with Crippen molar-refractivity contribution in [2.75, 3.05) is 13.2 Å².